The topological polar surface area (TPSA) is 60.9 Å². The maximum atomic E-state index is 11.9. The average Bonchev–Trinajstić information content (AvgIpc) is 2.83. The van der Waals surface area contributed by atoms with Gasteiger partial charge in [-0.05, 0) is 18.1 Å². The number of nitrogens with two attached hydrogens (primary N) is 1. The molecule has 4 nitrogen and oxygen atoms in total. The first-order valence-electron chi connectivity index (χ1n) is 6.00. The lowest BCUT2D eigenvalue weighted by Crippen LogP contribution is -2.14. The minimum Gasteiger partial charge on any atom is -0.324 e. The van der Waals surface area contributed by atoms with Crippen LogP contribution in [0.15, 0.2) is 42.6 Å². The normalized spacial score (nSPS) is 12.3. The summed E-state index contributed by atoms with van der Waals surface area (Å²) in [7, 11) is 1.77. The summed E-state index contributed by atoms with van der Waals surface area (Å²) in [5, 5.41) is 3.99. The van der Waals surface area contributed by atoms with E-state index in [2.05, 4.69) is 5.10 Å². The molecule has 2 N–H and O–H groups in total. The first-order valence-corrected chi connectivity index (χ1v) is 6.00. The summed E-state index contributed by atoms with van der Waals surface area (Å²) >= 11 is 0. The van der Waals surface area contributed by atoms with Gasteiger partial charge in [-0.2, -0.15) is 5.10 Å². The molecule has 0 aliphatic rings. The smallest absolute Gasteiger partial charge is 0.180 e. The number of hydrogen-bond acceptors (Lipinski definition) is 3. The van der Waals surface area contributed by atoms with Gasteiger partial charge in [-0.3, -0.25) is 9.48 Å². The Morgan fingerprint density at radius 2 is 2.06 bits per heavy atom. The zero-order valence-corrected chi connectivity index (χ0v) is 10.4. The van der Waals surface area contributed by atoms with E-state index in [1.165, 1.54) is 0 Å². The average molecular weight is 243 g/mol. The minimum absolute atomic E-state index is 0.0846. The lowest BCUT2D eigenvalue weighted by Gasteiger charge is -2.11. The number of carbonyl (C=O) groups excluding carboxylic acids is 1. The lowest BCUT2D eigenvalue weighted by molar-refractivity contribution is 0.0968. The molecular formula is C14H17N3O. The van der Waals surface area contributed by atoms with Gasteiger partial charge in [0.25, 0.3) is 0 Å². The summed E-state index contributed by atoms with van der Waals surface area (Å²) in [5.74, 6) is 0.0846. The number of aromatic nitrogens is 2. The van der Waals surface area contributed by atoms with Crippen molar-refractivity contribution in [1.29, 1.82) is 0 Å². The molecule has 1 aromatic heterocycles. The molecule has 0 bridgehead atoms. The number of rotatable bonds is 5. The summed E-state index contributed by atoms with van der Waals surface area (Å²) < 4.78 is 1.59. The first kappa shape index (κ1) is 12.5. The fourth-order valence-corrected chi connectivity index (χ4v) is 1.93. The molecule has 1 heterocycles. The van der Waals surface area contributed by atoms with E-state index in [-0.39, 0.29) is 11.8 Å². The highest BCUT2D eigenvalue weighted by atomic mass is 16.1. The third-order valence-corrected chi connectivity index (χ3v) is 3.02. The number of benzene rings is 1. The maximum absolute atomic E-state index is 11.9. The van der Waals surface area contributed by atoms with E-state index in [4.69, 9.17) is 5.73 Å². The molecule has 0 saturated heterocycles. The van der Waals surface area contributed by atoms with Gasteiger partial charge in [0.05, 0.1) is 0 Å². The van der Waals surface area contributed by atoms with Crippen molar-refractivity contribution in [1.82, 2.24) is 9.78 Å². The SMILES string of the molecule is Cn1nccc1C(=O)CCC(N)c1ccccc1. The highest BCUT2D eigenvalue weighted by molar-refractivity contribution is 5.94. The predicted molar refractivity (Wildman–Crippen MR) is 70.1 cm³/mol. The van der Waals surface area contributed by atoms with Gasteiger partial charge in [-0.25, -0.2) is 0 Å². The Balaban J connectivity index is 1.93. The van der Waals surface area contributed by atoms with Gasteiger partial charge in [-0.15, -0.1) is 0 Å². The Hall–Kier alpha value is -1.94. The van der Waals surface area contributed by atoms with Crippen LogP contribution in [0.3, 0.4) is 0 Å². The summed E-state index contributed by atoms with van der Waals surface area (Å²) in [6.07, 6.45) is 2.72. The van der Waals surface area contributed by atoms with E-state index in [0.29, 0.717) is 18.5 Å². The number of hydrogen-bond donors (Lipinski definition) is 1. The van der Waals surface area contributed by atoms with Crippen molar-refractivity contribution in [3.63, 3.8) is 0 Å². The standard InChI is InChI=1S/C14H17N3O/c1-17-13(9-10-16-17)14(18)8-7-12(15)11-5-3-2-4-6-11/h2-6,9-10,12H,7-8,15H2,1H3. The van der Waals surface area contributed by atoms with Crippen molar-refractivity contribution in [3.05, 3.63) is 53.9 Å². The zero-order valence-electron chi connectivity index (χ0n) is 10.4. The molecule has 0 saturated carbocycles. The van der Waals surface area contributed by atoms with Crippen LogP contribution in [0.2, 0.25) is 0 Å². The molecule has 0 aliphatic heterocycles. The molecule has 0 radical (unpaired) electrons. The second-order valence-corrected chi connectivity index (χ2v) is 4.32. The zero-order chi connectivity index (χ0) is 13.0. The molecule has 0 aliphatic carbocycles. The number of nitrogens with zero attached hydrogens (tertiary/aromatic N) is 2. The minimum atomic E-state index is -0.0941. The van der Waals surface area contributed by atoms with Crippen LogP contribution in [0.1, 0.15) is 34.9 Å². The summed E-state index contributed by atoms with van der Waals surface area (Å²) in [5.41, 5.74) is 7.76. The quantitative estimate of drug-likeness (QED) is 0.818. The van der Waals surface area contributed by atoms with Crippen LogP contribution >= 0.6 is 0 Å². The van der Waals surface area contributed by atoms with Gasteiger partial charge in [0.2, 0.25) is 0 Å². The predicted octanol–water partition coefficient (Wildman–Crippen LogP) is 2.08. The van der Waals surface area contributed by atoms with E-state index in [9.17, 15) is 4.79 Å². The van der Waals surface area contributed by atoms with Gasteiger partial charge in [-0.1, -0.05) is 30.3 Å². The third-order valence-electron chi connectivity index (χ3n) is 3.02. The van der Waals surface area contributed by atoms with Gasteiger partial charge in [0, 0.05) is 25.7 Å². The molecule has 1 unspecified atom stereocenters. The fourth-order valence-electron chi connectivity index (χ4n) is 1.93. The molecule has 2 rings (SSSR count). The van der Waals surface area contributed by atoms with E-state index >= 15 is 0 Å². The number of Topliss-reactive ketones (excluding diaryl/α,β-unsaturated/α-hetero) is 1. The van der Waals surface area contributed by atoms with Gasteiger partial charge in [0.15, 0.2) is 5.78 Å². The second kappa shape index (κ2) is 5.60. The van der Waals surface area contributed by atoms with Crippen molar-refractivity contribution in [2.75, 3.05) is 0 Å². The van der Waals surface area contributed by atoms with Gasteiger partial charge in [0.1, 0.15) is 5.69 Å². The Morgan fingerprint density at radius 1 is 1.33 bits per heavy atom. The van der Waals surface area contributed by atoms with Crippen LogP contribution in [0, 0.1) is 0 Å². The van der Waals surface area contributed by atoms with Crippen LogP contribution in [-0.4, -0.2) is 15.6 Å². The van der Waals surface area contributed by atoms with Crippen molar-refractivity contribution >= 4 is 5.78 Å². The molecular weight excluding hydrogens is 226 g/mol. The Kier molecular flexibility index (Phi) is 3.89. The Morgan fingerprint density at radius 3 is 2.67 bits per heavy atom. The van der Waals surface area contributed by atoms with Crippen LogP contribution in [0.25, 0.3) is 0 Å². The number of aryl methyl sites for hydroxylation is 1. The molecule has 0 spiro atoms. The lowest BCUT2D eigenvalue weighted by atomic mass is 10.0. The summed E-state index contributed by atoms with van der Waals surface area (Å²) in [4.78, 5) is 11.9. The molecule has 1 aromatic carbocycles. The Labute approximate surface area is 106 Å². The molecule has 18 heavy (non-hydrogen) atoms. The number of ketones is 1. The molecule has 4 heteroatoms. The monoisotopic (exact) mass is 243 g/mol. The van der Waals surface area contributed by atoms with Gasteiger partial charge < -0.3 is 5.73 Å². The van der Waals surface area contributed by atoms with E-state index in [1.54, 1.807) is 24.0 Å². The summed E-state index contributed by atoms with van der Waals surface area (Å²) in [6.45, 7) is 0. The summed E-state index contributed by atoms with van der Waals surface area (Å²) in [6, 6.07) is 11.5. The largest absolute Gasteiger partial charge is 0.324 e. The first-order chi connectivity index (χ1) is 8.68. The molecule has 2 aromatic rings. The molecule has 0 amide bonds. The fraction of sp³-hybridized carbons (Fsp3) is 0.286. The van der Waals surface area contributed by atoms with Crippen LogP contribution in [0.4, 0.5) is 0 Å². The maximum Gasteiger partial charge on any atom is 0.180 e. The van der Waals surface area contributed by atoms with E-state index in [1.807, 2.05) is 30.3 Å². The van der Waals surface area contributed by atoms with Crippen molar-refractivity contribution in [2.45, 2.75) is 18.9 Å². The van der Waals surface area contributed by atoms with Crippen molar-refractivity contribution in [2.24, 2.45) is 12.8 Å². The molecule has 0 fully saturated rings. The molecule has 94 valence electrons. The second-order valence-electron chi connectivity index (χ2n) is 4.32. The molecule has 1 atom stereocenters. The van der Waals surface area contributed by atoms with Gasteiger partial charge >= 0.3 is 0 Å². The van der Waals surface area contributed by atoms with Crippen LogP contribution in [0.5, 0.6) is 0 Å². The highest BCUT2D eigenvalue weighted by Crippen LogP contribution is 2.16. The van der Waals surface area contributed by atoms with Crippen molar-refractivity contribution < 1.29 is 4.79 Å². The van der Waals surface area contributed by atoms with Crippen LogP contribution < -0.4 is 5.73 Å². The van der Waals surface area contributed by atoms with E-state index in [0.717, 1.165) is 5.56 Å². The number of carbonyl (C=O) groups is 1. The Bertz CT molecular complexity index is 519. The third kappa shape index (κ3) is 2.84. The highest BCUT2D eigenvalue weighted by Gasteiger charge is 2.12. The van der Waals surface area contributed by atoms with Crippen molar-refractivity contribution in [3.8, 4) is 0 Å². The van der Waals surface area contributed by atoms with E-state index < -0.39 is 0 Å². The van der Waals surface area contributed by atoms with Crippen LogP contribution in [-0.2, 0) is 7.05 Å².